The second-order valence-electron chi connectivity index (χ2n) is 4.27. The van der Waals surface area contributed by atoms with E-state index in [0.717, 1.165) is 32.8 Å². The SMILES string of the molecule is Cl.N[C@@H](COc1c(Cl)ncnc1Cl)CN1CCOCC1. The lowest BCUT2D eigenvalue weighted by atomic mass is 10.3. The van der Waals surface area contributed by atoms with E-state index in [1.807, 2.05) is 0 Å². The summed E-state index contributed by atoms with van der Waals surface area (Å²) in [7, 11) is 0. The van der Waals surface area contributed by atoms with Crippen LogP contribution < -0.4 is 10.5 Å². The van der Waals surface area contributed by atoms with Gasteiger partial charge >= 0.3 is 0 Å². The van der Waals surface area contributed by atoms with Crippen molar-refractivity contribution in [2.45, 2.75) is 6.04 Å². The zero-order valence-corrected chi connectivity index (χ0v) is 13.1. The first-order valence-electron chi connectivity index (χ1n) is 6.01. The van der Waals surface area contributed by atoms with Crippen molar-refractivity contribution in [3.05, 3.63) is 16.6 Å². The molecular formula is C11H17Cl3N4O2. The highest BCUT2D eigenvalue weighted by Gasteiger charge is 2.16. The quantitative estimate of drug-likeness (QED) is 0.811. The second-order valence-corrected chi connectivity index (χ2v) is 4.98. The van der Waals surface area contributed by atoms with Gasteiger partial charge in [-0.05, 0) is 0 Å². The minimum Gasteiger partial charge on any atom is -0.486 e. The third-order valence-electron chi connectivity index (χ3n) is 2.76. The van der Waals surface area contributed by atoms with Crippen LogP contribution in [0, 0.1) is 0 Å². The zero-order chi connectivity index (χ0) is 13.7. The standard InChI is InChI=1S/C11H16Cl2N4O2.ClH/c12-10-9(11(13)16-7-15-10)19-6-8(14)5-17-1-3-18-4-2-17;/h7-8H,1-6,14H2;1H/t8-;/m1./s1. The fourth-order valence-electron chi connectivity index (χ4n) is 1.81. The fourth-order valence-corrected chi connectivity index (χ4v) is 2.23. The minimum absolute atomic E-state index is 0. The zero-order valence-electron chi connectivity index (χ0n) is 10.8. The maximum Gasteiger partial charge on any atom is 0.194 e. The van der Waals surface area contributed by atoms with Crippen molar-refractivity contribution in [2.24, 2.45) is 5.73 Å². The predicted octanol–water partition coefficient (Wildman–Crippen LogP) is 1.24. The molecule has 2 heterocycles. The van der Waals surface area contributed by atoms with E-state index >= 15 is 0 Å². The maximum atomic E-state index is 6.02. The van der Waals surface area contributed by atoms with Gasteiger partial charge in [-0.15, -0.1) is 12.4 Å². The summed E-state index contributed by atoms with van der Waals surface area (Å²) in [5, 5.41) is 0.386. The highest BCUT2D eigenvalue weighted by molar-refractivity contribution is 6.35. The van der Waals surface area contributed by atoms with Crippen LogP contribution in [0.2, 0.25) is 10.3 Å². The van der Waals surface area contributed by atoms with Crippen LogP contribution in [-0.4, -0.2) is 60.4 Å². The first-order valence-corrected chi connectivity index (χ1v) is 6.77. The summed E-state index contributed by atoms with van der Waals surface area (Å²) < 4.78 is 10.8. The van der Waals surface area contributed by atoms with E-state index in [1.54, 1.807) is 0 Å². The van der Waals surface area contributed by atoms with Gasteiger partial charge in [0.05, 0.1) is 19.3 Å². The van der Waals surface area contributed by atoms with Gasteiger partial charge in [-0.2, -0.15) is 0 Å². The summed E-state index contributed by atoms with van der Waals surface area (Å²) in [6.07, 6.45) is 1.28. The number of halogens is 3. The molecule has 2 N–H and O–H groups in total. The van der Waals surface area contributed by atoms with Gasteiger partial charge in [0.1, 0.15) is 12.9 Å². The van der Waals surface area contributed by atoms with Crippen LogP contribution in [0.15, 0.2) is 6.33 Å². The second kappa shape index (κ2) is 8.81. The first-order chi connectivity index (χ1) is 9.16. The van der Waals surface area contributed by atoms with Gasteiger partial charge in [-0.25, -0.2) is 9.97 Å². The lowest BCUT2D eigenvalue weighted by molar-refractivity contribution is 0.0330. The summed E-state index contributed by atoms with van der Waals surface area (Å²) in [6.45, 7) is 4.33. The Morgan fingerprint density at radius 1 is 1.30 bits per heavy atom. The Morgan fingerprint density at radius 2 is 1.90 bits per heavy atom. The summed E-state index contributed by atoms with van der Waals surface area (Å²) in [4.78, 5) is 9.86. The monoisotopic (exact) mass is 342 g/mol. The Labute approximate surface area is 134 Å². The van der Waals surface area contributed by atoms with Gasteiger partial charge in [0.25, 0.3) is 0 Å². The van der Waals surface area contributed by atoms with Crippen LogP contribution in [-0.2, 0) is 4.74 Å². The molecule has 0 unspecified atom stereocenters. The normalized spacial score (nSPS) is 17.4. The number of morpholine rings is 1. The molecule has 1 saturated heterocycles. The fraction of sp³-hybridized carbons (Fsp3) is 0.636. The molecule has 0 aliphatic carbocycles. The molecule has 20 heavy (non-hydrogen) atoms. The van der Waals surface area contributed by atoms with Crippen molar-refractivity contribution in [3.63, 3.8) is 0 Å². The van der Waals surface area contributed by atoms with Gasteiger partial charge in [-0.3, -0.25) is 4.90 Å². The smallest absolute Gasteiger partial charge is 0.194 e. The van der Waals surface area contributed by atoms with Gasteiger partial charge in [-0.1, -0.05) is 23.2 Å². The van der Waals surface area contributed by atoms with E-state index in [4.69, 9.17) is 38.4 Å². The Bertz CT molecular complexity index is 398. The first kappa shape index (κ1) is 17.7. The average molecular weight is 344 g/mol. The molecule has 114 valence electrons. The summed E-state index contributed by atoms with van der Waals surface area (Å²) in [5.74, 6) is 0.281. The summed E-state index contributed by atoms with van der Waals surface area (Å²) in [6, 6.07) is -0.134. The molecule has 1 aromatic rings. The largest absolute Gasteiger partial charge is 0.486 e. The molecule has 1 aliphatic rings. The molecule has 9 heteroatoms. The van der Waals surface area contributed by atoms with Crippen LogP contribution in [0.25, 0.3) is 0 Å². The highest BCUT2D eigenvalue weighted by atomic mass is 35.5. The molecule has 0 aromatic carbocycles. The van der Waals surface area contributed by atoms with Crippen molar-refractivity contribution in [1.82, 2.24) is 14.9 Å². The van der Waals surface area contributed by atoms with Crippen LogP contribution in [0.5, 0.6) is 5.75 Å². The highest BCUT2D eigenvalue weighted by Crippen LogP contribution is 2.28. The Balaban J connectivity index is 0.00000200. The topological polar surface area (TPSA) is 73.5 Å². The van der Waals surface area contributed by atoms with Gasteiger partial charge in [0.2, 0.25) is 0 Å². The van der Waals surface area contributed by atoms with Gasteiger partial charge < -0.3 is 15.2 Å². The van der Waals surface area contributed by atoms with Crippen molar-refractivity contribution in [2.75, 3.05) is 39.5 Å². The third-order valence-corrected chi connectivity index (χ3v) is 3.29. The van der Waals surface area contributed by atoms with Crippen molar-refractivity contribution in [1.29, 1.82) is 0 Å². The van der Waals surface area contributed by atoms with Gasteiger partial charge in [0.15, 0.2) is 16.1 Å². The van der Waals surface area contributed by atoms with E-state index < -0.39 is 0 Å². The lowest BCUT2D eigenvalue weighted by Crippen LogP contribution is -2.45. The molecule has 2 rings (SSSR count). The van der Waals surface area contributed by atoms with Crippen LogP contribution in [0.4, 0.5) is 0 Å². The Kier molecular flexibility index (Phi) is 7.79. The molecule has 1 aromatic heterocycles. The molecule has 0 radical (unpaired) electrons. The van der Waals surface area contributed by atoms with E-state index in [-0.39, 0.29) is 34.5 Å². The number of nitrogens with zero attached hydrogens (tertiary/aromatic N) is 3. The Morgan fingerprint density at radius 3 is 2.50 bits per heavy atom. The van der Waals surface area contributed by atoms with E-state index in [1.165, 1.54) is 6.33 Å². The van der Waals surface area contributed by atoms with Gasteiger partial charge in [0, 0.05) is 19.6 Å². The summed E-state index contributed by atoms with van der Waals surface area (Å²) >= 11 is 11.8. The maximum absolute atomic E-state index is 6.02. The van der Waals surface area contributed by atoms with Crippen molar-refractivity contribution >= 4 is 35.6 Å². The molecular weight excluding hydrogens is 327 g/mol. The molecule has 1 aliphatic heterocycles. The van der Waals surface area contributed by atoms with Crippen LogP contribution >= 0.6 is 35.6 Å². The van der Waals surface area contributed by atoms with E-state index in [0.29, 0.717) is 6.61 Å². The number of rotatable bonds is 5. The molecule has 0 bridgehead atoms. The predicted molar refractivity (Wildman–Crippen MR) is 80.0 cm³/mol. The molecule has 0 saturated carbocycles. The molecule has 0 amide bonds. The number of ether oxygens (including phenoxy) is 2. The molecule has 1 atom stereocenters. The summed E-state index contributed by atoms with van der Waals surface area (Å²) in [5.41, 5.74) is 6.02. The lowest BCUT2D eigenvalue weighted by Gasteiger charge is -2.28. The van der Waals surface area contributed by atoms with E-state index in [2.05, 4.69) is 14.9 Å². The van der Waals surface area contributed by atoms with Crippen molar-refractivity contribution < 1.29 is 9.47 Å². The average Bonchev–Trinajstić information content (AvgIpc) is 2.39. The van der Waals surface area contributed by atoms with Crippen LogP contribution in [0.3, 0.4) is 0 Å². The van der Waals surface area contributed by atoms with Crippen LogP contribution in [0.1, 0.15) is 0 Å². The number of aromatic nitrogens is 2. The molecule has 6 nitrogen and oxygen atoms in total. The Hall–Kier alpha value is -0.370. The number of hydrogen-bond donors (Lipinski definition) is 1. The van der Waals surface area contributed by atoms with Crippen molar-refractivity contribution in [3.8, 4) is 5.75 Å². The third kappa shape index (κ3) is 5.20. The molecule has 0 spiro atoms. The molecule has 1 fully saturated rings. The van der Waals surface area contributed by atoms with E-state index in [9.17, 15) is 0 Å². The minimum atomic E-state index is -0.134. The number of hydrogen-bond acceptors (Lipinski definition) is 6. The number of nitrogens with two attached hydrogens (primary N) is 1.